The summed E-state index contributed by atoms with van der Waals surface area (Å²) in [5.41, 5.74) is 0.0140. The summed E-state index contributed by atoms with van der Waals surface area (Å²) in [6.45, 7) is 0. The van der Waals surface area contributed by atoms with Crippen LogP contribution in [0, 0.1) is 10.8 Å². The van der Waals surface area contributed by atoms with Gasteiger partial charge in [-0.3, -0.25) is 0 Å². The molecule has 0 nitrogen and oxygen atoms in total. The minimum absolute atomic E-state index is 0.00698. The number of hydrogen-bond acceptors (Lipinski definition) is 0. The molecule has 3 saturated carbocycles. The summed E-state index contributed by atoms with van der Waals surface area (Å²) < 4.78 is -1.15. The average molecular weight is 302 g/mol. The van der Waals surface area contributed by atoms with Gasteiger partial charge in [-0.25, -0.2) is 0 Å². The Morgan fingerprint density at radius 3 is 1.12 bits per heavy atom. The summed E-state index contributed by atoms with van der Waals surface area (Å²) in [4.78, 5) is 0. The first-order valence-electron chi connectivity index (χ1n) is 6.13. The molecule has 0 aromatic carbocycles. The normalized spacial score (nSPS) is 48.8. The lowest BCUT2D eigenvalue weighted by Gasteiger charge is -2.32. The van der Waals surface area contributed by atoms with E-state index < -0.39 is 8.67 Å². The fourth-order valence-electron chi connectivity index (χ4n) is 3.94. The predicted octanol–water partition coefficient (Wildman–Crippen LogP) is 5.47. The van der Waals surface area contributed by atoms with Crippen LogP contribution in [0.25, 0.3) is 0 Å². The van der Waals surface area contributed by atoms with Gasteiger partial charge in [0.15, 0.2) is 0 Å². The van der Waals surface area contributed by atoms with Gasteiger partial charge in [0.1, 0.15) is 8.67 Å². The molecular weight excluding hydrogens is 286 g/mol. The standard InChI is InChI=1S/C12H16Cl4/c13-11(14)7-9(11)5-3-1-2-4-6-10(9)8-12(10,15)16/h1-8H2/t9-,10-/m1/s1. The molecule has 0 amide bonds. The second kappa shape index (κ2) is 3.38. The number of hydrogen-bond donors (Lipinski definition) is 0. The molecule has 0 heterocycles. The van der Waals surface area contributed by atoms with Crippen molar-refractivity contribution in [3.05, 3.63) is 0 Å². The first-order valence-corrected chi connectivity index (χ1v) is 7.64. The molecule has 2 atom stereocenters. The van der Waals surface area contributed by atoms with Gasteiger partial charge in [0.2, 0.25) is 0 Å². The van der Waals surface area contributed by atoms with Crippen LogP contribution in [0.1, 0.15) is 51.4 Å². The van der Waals surface area contributed by atoms with Crippen LogP contribution in [0.4, 0.5) is 0 Å². The molecule has 2 spiro atoms. The van der Waals surface area contributed by atoms with Crippen molar-refractivity contribution in [3.63, 3.8) is 0 Å². The van der Waals surface area contributed by atoms with Crippen molar-refractivity contribution in [2.45, 2.75) is 60.0 Å². The highest BCUT2D eigenvalue weighted by Gasteiger charge is 2.85. The number of alkyl halides is 4. The predicted molar refractivity (Wildman–Crippen MR) is 70.7 cm³/mol. The maximum atomic E-state index is 6.40. The van der Waals surface area contributed by atoms with E-state index in [9.17, 15) is 0 Å². The second-order valence-electron chi connectivity index (χ2n) is 5.84. The first kappa shape index (κ1) is 12.2. The minimum Gasteiger partial charge on any atom is -0.101 e. The van der Waals surface area contributed by atoms with E-state index in [2.05, 4.69) is 0 Å². The molecule has 16 heavy (non-hydrogen) atoms. The van der Waals surface area contributed by atoms with E-state index in [1.165, 1.54) is 25.7 Å². The van der Waals surface area contributed by atoms with Crippen molar-refractivity contribution in [1.82, 2.24) is 0 Å². The van der Waals surface area contributed by atoms with Crippen LogP contribution in [-0.4, -0.2) is 8.67 Å². The minimum atomic E-state index is -0.574. The molecular formula is C12H16Cl4. The van der Waals surface area contributed by atoms with E-state index in [0.29, 0.717) is 0 Å². The molecule has 0 N–H and O–H groups in total. The van der Waals surface area contributed by atoms with Gasteiger partial charge in [-0.15, -0.1) is 46.4 Å². The monoisotopic (exact) mass is 300 g/mol. The Morgan fingerprint density at radius 1 is 0.562 bits per heavy atom. The Labute approximate surface area is 117 Å². The van der Waals surface area contributed by atoms with Gasteiger partial charge in [0.25, 0.3) is 0 Å². The van der Waals surface area contributed by atoms with Crippen LogP contribution in [0.5, 0.6) is 0 Å². The summed E-state index contributed by atoms with van der Waals surface area (Å²) in [5, 5.41) is 0. The van der Waals surface area contributed by atoms with Gasteiger partial charge >= 0.3 is 0 Å². The summed E-state index contributed by atoms with van der Waals surface area (Å²) in [6, 6.07) is 0. The summed E-state index contributed by atoms with van der Waals surface area (Å²) in [5.74, 6) is 0. The van der Waals surface area contributed by atoms with Crippen LogP contribution in [0.2, 0.25) is 0 Å². The summed E-state index contributed by atoms with van der Waals surface area (Å²) in [6.07, 6.45) is 8.97. The molecule has 0 bridgehead atoms. The molecule has 0 aromatic rings. The highest BCUT2D eigenvalue weighted by molar-refractivity contribution is 6.54. The van der Waals surface area contributed by atoms with Crippen molar-refractivity contribution in [2.75, 3.05) is 0 Å². The van der Waals surface area contributed by atoms with Gasteiger partial charge < -0.3 is 0 Å². The van der Waals surface area contributed by atoms with Crippen LogP contribution in [0.15, 0.2) is 0 Å². The highest BCUT2D eigenvalue weighted by atomic mass is 35.5. The zero-order valence-corrected chi connectivity index (χ0v) is 12.2. The van der Waals surface area contributed by atoms with Crippen molar-refractivity contribution in [2.24, 2.45) is 10.8 Å². The van der Waals surface area contributed by atoms with E-state index >= 15 is 0 Å². The number of halogens is 4. The lowest BCUT2D eigenvalue weighted by atomic mass is 9.75. The maximum Gasteiger partial charge on any atom is 0.125 e. The quantitative estimate of drug-likeness (QED) is 0.521. The second-order valence-corrected chi connectivity index (χ2v) is 8.81. The molecule has 3 aliphatic rings. The maximum absolute atomic E-state index is 6.40. The molecule has 3 fully saturated rings. The lowest BCUT2D eigenvalue weighted by Crippen LogP contribution is -2.29. The zero-order valence-electron chi connectivity index (χ0n) is 9.17. The Balaban J connectivity index is 1.94. The van der Waals surface area contributed by atoms with Crippen molar-refractivity contribution >= 4 is 46.4 Å². The van der Waals surface area contributed by atoms with Gasteiger partial charge in [-0.1, -0.05) is 25.7 Å². The van der Waals surface area contributed by atoms with E-state index in [1.807, 2.05) is 0 Å². The Kier molecular flexibility index (Phi) is 2.58. The van der Waals surface area contributed by atoms with E-state index in [4.69, 9.17) is 46.4 Å². The molecule has 0 aliphatic heterocycles. The van der Waals surface area contributed by atoms with Gasteiger partial charge in [0, 0.05) is 10.8 Å². The van der Waals surface area contributed by atoms with Crippen LogP contribution >= 0.6 is 46.4 Å². The smallest absolute Gasteiger partial charge is 0.101 e. The molecule has 3 rings (SSSR count). The Morgan fingerprint density at radius 2 is 0.875 bits per heavy atom. The third-order valence-electron chi connectivity index (χ3n) is 5.07. The molecule has 0 radical (unpaired) electrons. The van der Waals surface area contributed by atoms with Crippen LogP contribution in [0.3, 0.4) is 0 Å². The fourth-order valence-corrected chi connectivity index (χ4v) is 5.95. The van der Waals surface area contributed by atoms with E-state index in [-0.39, 0.29) is 10.8 Å². The molecule has 0 unspecified atom stereocenters. The van der Waals surface area contributed by atoms with E-state index in [0.717, 1.165) is 25.7 Å². The molecule has 92 valence electrons. The summed E-state index contributed by atoms with van der Waals surface area (Å²) >= 11 is 25.6. The lowest BCUT2D eigenvalue weighted by molar-refractivity contribution is 0.207. The topological polar surface area (TPSA) is 0 Å². The number of rotatable bonds is 0. The fraction of sp³-hybridized carbons (Fsp3) is 1.00. The molecule has 0 aromatic heterocycles. The Hall–Kier alpha value is 1.16. The largest absolute Gasteiger partial charge is 0.125 e. The first-order chi connectivity index (χ1) is 7.37. The molecule has 0 saturated heterocycles. The van der Waals surface area contributed by atoms with Gasteiger partial charge in [0.05, 0.1) is 0 Å². The Bertz CT molecular complexity index is 293. The SMILES string of the molecule is ClC1(Cl)C[C@@]12CCCCCC[C@@]21CC1(Cl)Cl. The third-order valence-corrected chi connectivity index (χ3v) is 7.05. The van der Waals surface area contributed by atoms with E-state index in [1.54, 1.807) is 0 Å². The van der Waals surface area contributed by atoms with Gasteiger partial charge in [-0.2, -0.15) is 0 Å². The average Bonchev–Trinajstić information content (AvgIpc) is 2.91. The van der Waals surface area contributed by atoms with Crippen molar-refractivity contribution in [1.29, 1.82) is 0 Å². The highest BCUT2D eigenvalue weighted by Crippen LogP contribution is 2.87. The molecule has 3 aliphatic carbocycles. The van der Waals surface area contributed by atoms with Crippen molar-refractivity contribution < 1.29 is 0 Å². The van der Waals surface area contributed by atoms with Crippen molar-refractivity contribution in [3.8, 4) is 0 Å². The van der Waals surface area contributed by atoms with Crippen LogP contribution in [-0.2, 0) is 0 Å². The van der Waals surface area contributed by atoms with Gasteiger partial charge in [-0.05, 0) is 25.7 Å². The zero-order chi connectivity index (χ0) is 11.7. The summed E-state index contributed by atoms with van der Waals surface area (Å²) in [7, 11) is 0. The van der Waals surface area contributed by atoms with Crippen LogP contribution < -0.4 is 0 Å². The number of fused-ring (bicyclic) bond motifs is 1. The third kappa shape index (κ3) is 1.37. The molecule has 4 heteroatoms.